The zero-order chi connectivity index (χ0) is 20.2. The first-order valence-corrected chi connectivity index (χ1v) is 10.0. The van der Waals surface area contributed by atoms with Crippen LogP contribution in [0.2, 0.25) is 0 Å². The van der Waals surface area contributed by atoms with E-state index in [1.165, 1.54) is 16.7 Å². The molecule has 0 aliphatic rings. The van der Waals surface area contributed by atoms with Crippen molar-refractivity contribution < 1.29 is 9.53 Å². The van der Waals surface area contributed by atoms with E-state index in [2.05, 4.69) is 65.6 Å². The quantitative estimate of drug-likeness (QED) is 0.589. The third-order valence-corrected chi connectivity index (χ3v) is 4.75. The average molecular weight is 370 g/mol. The number of hydrogen-bond acceptors (Lipinski definition) is 2. The highest BCUT2D eigenvalue weighted by Gasteiger charge is 2.28. The second-order valence-corrected chi connectivity index (χ2v) is 9.38. The van der Waals surface area contributed by atoms with E-state index in [0.717, 1.165) is 25.2 Å². The lowest BCUT2D eigenvalue weighted by Crippen LogP contribution is -2.21. The van der Waals surface area contributed by atoms with Crippen molar-refractivity contribution in [2.75, 3.05) is 6.61 Å². The molecule has 0 saturated heterocycles. The lowest BCUT2D eigenvalue weighted by atomic mass is 9.78. The summed E-state index contributed by atoms with van der Waals surface area (Å²) in [5, 5.41) is 0. The number of carbonyl (C=O) groups excluding carboxylic acids is 1. The number of aromatic nitrogens is 1. The van der Waals surface area contributed by atoms with Crippen molar-refractivity contribution in [3.8, 4) is 5.75 Å². The lowest BCUT2D eigenvalue weighted by Gasteiger charge is -2.30. The zero-order valence-electron chi connectivity index (χ0n) is 18.0. The van der Waals surface area contributed by atoms with Gasteiger partial charge in [-0.15, -0.1) is 0 Å². The van der Waals surface area contributed by atoms with Crippen LogP contribution in [-0.4, -0.2) is 17.4 Å². The Morgan fingerprint density at radius 1 is 1.04 bits per heavy atom. The summed E-state index contributed by atoms with van der Waals surface area (Å²) in [6.07, 6.45) is 4.02. The number of ketones is 1. The highest BCUT2D eigenvalue weighted by Crippen LogP contribution is 2.41. The van der Waals surface area contributed by atoms with Crippen molar-refractivity contribution in [1.29, 1.82) is 0 Å². The second kappa shape index (κ2) is 8.33. The van der Waals surface area contributed by atoms with Crippen LogP contribution in [0, 0.1) is 0 Å². The number of nitrogens with one attached hydrogen (secondary N) is 1. The van der Waals surface area contributed by atoms with E-state index in [9.17, 15) is 4.79 Å². The molecule has 2 aromatic rings. The predicted octanol–water partition coefficient (Wildman–Crippen LogP) is 6.21. The van der Waals surface area contributed by atoms with E-state index in [4.69, 9.17) is 4.74 Å². The van der Waals surface area contributed by atoms with E-state index in [1.54, 1.807) is 6.20 Å². The van der Waals surface area contributed by atoms with Crippen LogP contribution >= 0.6 is 0 Å². The summed E-state index contributed by atoms with van der Waals surface area (Å²) in [7, 11) is 0. The summed E-state index contributed by atoms with van der Waals surface area (Å²) in [5.41, 5.74) is 4.29. The summed E-state index contributed by atoms with van der Waals surface area (Å²) in [6, 6.07) is 8.18. The fraction of sp³-hybridized carbons (Fsp3) is 0.542. The highest BCUT2D eigenvalue weighted by molar-refractivity contribution is 5.94. The van der Waals surface area contributed by atoms with Crippen LogP contribution in [0.3, 0.4) is 0 Å². The van der Waals surface area contributed by atoms with Gasteiger partial charge < -0.3 is 9.72 Å². The van der Waals surface area contributed by atoms with Gasteiger partial charge in [0.15, 0.2) is 5.78 Å². The van der Waals surface area contributed by atoms with Crippen LogP contribution in [0.1, 0.15) is 88.5 Å². The van der Waals surface area contributed by atoms with E-state index in [0.29, 0.717) is 12.1 Å². The fourth-order valence-corrected chi connectivity index (χ4v) is 3.20. The van der Waals surface area contributed by atoms with Gasteiger partial charge in [0.2, 0.25) is 0 Å². The number of hydrogen-bond donors (Lipinski definition) is 1. The van der Waals surface area contributed by atoms with E-state index in [-0.39, 0.29) is 16.6 Å². The average Bonchev–Trinajstić information content (AvgIpc) is 3.10. The largest absolute Gasteiger partial charge is 0.493 e. The van der Waals surface area contributed by atoms with Gasteiger partial charge in [-0.25, -0.2) is 0 Å². The molecule has 148 valence electrons. The third-order valence-electron chi connectivity index (χ3n) is 4.75. The molecular weight excluding hydrogens is 334 g/mol. The number of aryl methyl sites for hydroxylation is 1. The van der Waals surface area contributed by atoms with Crippen molar-refractivity contribution in [3.63, 3.8) is 0 Å². The maximum absolute atomic E-state index is 12.4. The Hall–Kier alpha value is -2.03. The number of carbonyl (C=O) groups is 1. The monoisotopic (exact) mass is 369 g/mol. The third kappa shape index (κ3) is 5.47. The van der Waals surface area contributed by atoms with Gasteiger partial charge in [-0.1, -0.05) is 60.6 Å². The molecule has 0 aliphatic heterocycles. The maximum atomic E-state index is 12.4. The molecule has 2 rings (SSSR count). The van der Waals surface area contributed by atoms with Gasteiger partial charge >= 0.3 is 0 Å². The molecule has 3 heteroatoms. The Kier molecular flexibility index (Phi) is 6.56. The molecule has 27 heavy (non-hydrogen) atoms. The number of Topliss-reactive ketones (excluding diaryl/α,β-unsaturated/α-hetero) is 1. The van der Waals surface area contributed by atoms with Gasteiger partial charge in [0.05, 0.1) is 12.3 Å². The molecule has 1 aromatic carbocycles. The molecule has 0 unspecified atom stereocenters. The van der Waals surface area contributed by atoms with Crippen molar-refractivity contribution >= 4 is 5.78 Å². The Morgan fingerprint density at radius 3 is 2.07 bits per heavy atom. The summed E-state index contributed by atoms with van der Waals surface area (Å²) in [5.74, 6) is 1.18. The van der Waals surface area contributed by atoms with Crippen LogP contribution in [0.15, 0.2) is 30.5 Å². The van der Waals surface area contributed by atoms with Crippen LogP contribution in [-0.2, 0) is 17.3 Å². The Labute approximate surface area is 164 Å². The number of aromatic amines is 1. The minimum atomic E-state index is -0.0252. The molecule has 1 heterocycles. The molecule has 3 nitrogen and oxygen atoms in total. The van der Waals surface area contributed by atoms with Gasteiger partial charge in [0.1, 0.15) is 5.75 Å². The minimum Gasteiger partial charge on any atom is -0.493 e. The molecule has 1 N–H and O–H groups in total. The molecule has 0 bridgehead atoms. The van der Waals surface area contributed by atoms with Crippen LogP contribution in [0.25, 0.3) is 0 Å². The molecule has 1 aromatic heterocycles. The maximum Gasteiger partial charge on any atom is 0.179 e. The molecule has 0 saturated carbocycles. The second-order valence-electron chi connectivity index (χ2n) is 9.38. The van der Waals surface area contributed by atoms with Gasteiger partial charge in [-0.2, -0.15) is 0 Å². The normalized spacial score (nSPS) is 12.3. The van der Waals surface area contributed by atoms with E-state index >= 15 is 0 Å². The first-order valence-electron chi connectivity index (χ1n) is 10.0. The zero-order valence-corrected chi connectivity index (χ0v) is 18.0. The number of ether oxygens (including phenoxy) is 1. The van der Waals surface area contributed by atoms with E-state index in [1.807, 2.05) is 12.1 Å². The molecule has 0 atom stereocenters. The molecule has 0 amide bonds. The number of benzene rings is 1. The standard InChI is InChI=1S/C24H35NO2/c1-8-14-27-22-18(23(2,3)4)15-17(16-19(22)24(5,6)7)11-12-21(26)20-10-9-13-25-20/h9-10,13,15-16,25H,8,11-12,14H2,1-7H3. The van der Waals surface area contributed by atoms with Gasteiger partial charge in [-0.3, -0.25) is 4.79 Å². The van der Waals surface area contributed by atoms with E-state index < -0.39 is 0 Å². The molecule has 0 radical (unpaired) electrons. The number of H-pyrrole nitrogens is 1. The Bertz CT molecular complexity index is 724. The van der Waals surface area contributed by atoms with Crippen LogP contribution in [0.4, 0.5) is 0 Å². The molecule has 0 fully saturated rings. The van der Waals surface area contributed by atoms with Crippen molar-refractivity contribution in [2.24, 2.45) is 0 Å². The topological polar surface area (TPSA) is 42.1 Å². The van der Waals surface area contributed by atoms with Crippen LogP contribution in [0.5, 0.6) is 5.75 Å². The number of rotatable bonds is 7. The highest BCUT2D eigenvalue weighted by atomic mass is 16.5. The summed E-state index contributed by atoms with van der Waals surface area (Å²) in [4.78, 5) is 15.4. The van der Waals surface area contributed by atoms with Gasteiger partial charge in [0, 0.05) is 23.7 Å². The first-order chi connectivity index (χ1) is 12.5. The molecule has 0 spiro atoms. The Morgan fingerprint density at radius 2 is 1.63 bits per heavy atom. The lowest BCUT2D eigenvalue weighted by molar-refractivity contribution is 0.0978. The van der Waals surface area contributed by atoms with Gasteiger partial charge in [0.25, 0.3) is 0 Å². The Balaban J connectivity index is 2.41. The van der Waals surface area contributed by atoms with Crippen molar-refractivity contribution in [2.45, 2.75) is 78.6 Å². The SMILES string of the molecule is CCCOc1c(C(C)(C)C)cc(CCC(=O)c2ccc[nH]2)cc1C(C)(C)C. The molecular formula is C24H35NO2. The van der Waals surface area contributed by atoms with Crippen molar-refractivity contribution in [1.82, 2.24) is 4.98 Å². The summed E-state index contributed by atoms with van der Waals surface area (Å²) >= 11 is 0. The smallest absolute Gasteiger partial charge is 0.179 e. The summed E-state index contributed by atoms with van der Waals surface area (Å²) < 4.78 is 6.24. The van der Waals surface area contributed by atoms with Crippen molar-refractivity contribution in [3.05, 3.63) is 52.8 Å². The van der Waals surface area contributed by atoms with Gasteiger partial charge in [-0.05, 0) is 41.4 Å². The molecule has 0 aliphatic carbocycles. The summed E-state index contributed by atoms with van der Waals surface area (Å²) in [6.45, 7) is 16.2. The minimum absolute atomic E-state index is 0.0252. The first kappa shape index (κ1) is 21.3. The predicted molar refractivity (Wildman–Crippen MR) is 113 cm³/mol. The fourth-order valence-electron chi connectivity index (χ4n) is 3.20. The van der Waals surface area contributed by atoms with Crippen LogP contribution < -0.4 is 4.74 Å².